The van der Waals surface area contributed by atoms with Gasteiger partial charge in [0, 0.05) is 0 Å². The molecule has 0 bridgehead atoms. The minimum absolute atomic E-state index is 1.37. The molecular weight excluding hydrogens is 247 g/mol. The molecule has 0 aromatic carbocycles. The van der Waals surface area contributed by atoms with E-state index in [1.165, 1.54) is 11.1 Å². The zero-order valence-corrected chi connectivity index (χ0v) is 11.7. The van der Waals surface area contributed by atoms with Gasteiger partial charge in [-0.1, -0.05) is 0 Å². The fourth-order valence-electron chi connectivity index (χ4n) is 1.91. The van der Waals surface area contributed by atoms with Gasteiger partial charge in [-0.05, 0) is 0 Å². The summed E-state index contributed by atoms with van der Waals surface area (Å²) in [4.78, 5) is 0. The summed E-state index contributed by atoms with van der Waals surface area (Å²) in [6.45, 7) is 0. The van der Waals surface area contributed by atoms with Crippen LogP contribution in [0, 0.1) is 0 Å². The van der Waals surface area contributed by atoms with E-state index in [1.54, 1.807) is 4.47 Å². The van der Waals surface area contributed by atoms with E-state index < -0.39 is 11.8 Å². The standard InChI is InChI=1S/C14H19Se/c1-15(2,3,4)14-11-7-10-13(14)12-8-5-6-9-12/h5-11H,1-4H3. The molecule has 0 saturated carbocycles. The Morgan fingerprint density at radius 3 is 1.93 bits per heavy atom. The predicted octanol–water partition coefficient (Wildman–Crippen LogP) is 4.37. The molecule has 0 heterocycles. The molecule has 0 unspecified atom stereocenters. The monoisotopic (exact) mass is 267 g/mol. The molecule has 0 N–H and O–H groups in total. The molecule has 0 aromatic rings. The SMILES string of the molecule is C[Se](C)(C)(C)C1=CC=CC1=C1C=CC=C1. The van der Waals surface area contributed by atoms with E-state index in [2.05, 4.69) is 65.8 Å². The maximum absolute atomic E-state index is 2.45. The van der Waals surface area contributed by atoms with Gasteiger partial charge in [-0.15, -0.1) is 0 Å². The van der Waals surface area contributed by atoms with Crippen LogP contribution in [0.1, 0.15) is 0 Å². The van der Waals surface area contributed by atoms with Crippen LogP contribution in [0.4, 0.5) is 0 Å². The summed E-state index contributed by atoms with van der Waals surface area (Å²) in [6.07, 6.45) is 15.4. The normalized spacial score (nSPS) is 22.1. The summed E-state index contributed by atoms with van der Waals surface area (Å²) >= 11 is -2.05. The molecular formula is C14H19Se. The van der Waals surface area contributed by atoms with Crippen molar-refractivity contribution in [1.29, 1.82) is 0 Å². The van der Waals surface area contributed by atoms with Crippen LogP contribution < -0.4 is 0 Å². The van der Waals surface area contributed by atoms with Crippen molar-refractivity contribution < 1.29 is 0 Å². The van der Waals surface area contributed by atoms with Crippen LogP contribution in [0.15, 0.2) is 58.1 Å². The molecule has 15 heavy (non-hydrogen) atoms. The second-order valence-electron chi connectivity index (χ2n) is 5.74. The number of hydrogen-bond acceptors (Lipinski definition) is 0. The van der Waals surface area contributed by atoms with E-state index in [1.807, 2.05) is 0 Å². The van der Waals surface area contributed by atoms with Crippen LogP contribution in [-0.2, 0) is 0 Å². The molecule has 0 aromatic heterocycles. The van der Waals surface area contributed by atoms with Gasteiger partial charge in [0.1, 0.15) is 0 Å². The predicted molar refractivity (Wildman–Crippen MR) is 71.7 cm³/mol. The van der Waals surface area contributed by atoms with Crippen molar-refractivity contribution in [3.05, 3.63) is 58.1 Å². The van der Waals surface area contributed by atoms with E-state index in [0.717, 1.165) is 0 Å². The molecule has 2 aliphatic carbocycles. The Hall–Kier alpha value is -0.781. The Morgan fingerprint density at radius 1 is 0.800 bits per heavy atom. The van der Waals surface area contributed by atoms with Crippen molar-refractivity contribution in [2.45, 2.75) is 23.3 Å². The van der Waals surface area contributed by atoms with Crippen LogP contribution in [0.25, 0.3) is 0 Å². The van der Waals surface area contributed by atoms with Crippen molar-refractivity contribution in [2.24, 2.45) is 0 Å². The zero-order chi connectivity index (χ0) is 11.1. The fraction of sp³-hybridized carbons (Fsp3) is 0.286. The first kappa shape index (κ1) is 10.7. The number of rotatable bonds is 1. The summed E-state index contributed by atoms with van der Waals surface area (Å²) in [5.41, 5.74) is 2.81. The van der Waals surface area contributed by atoms with Crippen molar-refractivity contribution in [3.63, 3.8) is 0 Å². The Morgan fingerprint density at radius 2 is 1.40 bits per heavy atom. The van der Waals surface area contributed by atoms with Gasteiger partial charge in [-0.25, -0.2) is 0 Å². The van der Waals surface area contributed by atoms with E-state index >= 15 is 0 Å². The third-order valence-electron chi connectivity index (χ3n) is 2.63. The van der Waals surface area contributed by atoms with E-state index in [0.29, 0.717) is 0 Å². The molecule has 0 amide bonds. The molecule has 0 saturated heterocycles. The molecule has 2 aliphatic rings. The van der Waals surface area contributed by atoms with Crippen molar-refractivity contribution in [2.75, 3.05) is 0 Å². The van der Waals surface area contributed by atoms with Gasteiger partial charge < -0.3 is 0 Å². The molecule has 81 valence electrons. The summed E-state index contributed by atoms with van der Waals surface area (Å²) in [7, 11) is 0. The van der Waals surface area contributed by atoms with E-state index in [9.17, 15) is 0 Å². The Kier molecular flexibility index (Phi) is 2.22. The summed E-state index contributed by atoms with van der Waals surface area (Å²) < 4.78 is 1.58. The minimum atomic E-state index is -2.05. The maximum atomic E-state index is 2.45. The Balaban J connectivity index is 2.51. The topological polar surface area (TPSA) is 0 Å². The third-order valence-corrected chi connectivity index (χ3v) is 7.07. The molecule has 0 atom stereocenters. The average Bonchev–Trinajstić information content (AvgIpc) is 2.71. The number of hydrogen-bond donors (Lipinski definition) is 0. The van der Waals surface area contributed by atoms with Crippen LogP contribution >= 0.6 is 0 Å². The fourth-order valence-corrected chi connectivity index (χ4v) is 5.45. The van der Waals surface area contributed by atoms with E-state index in [4.69, 9.17) is 0 Å². The quantitative estimate of drug-likeness (QED) is 0.618. The summed E-state index contributed by atoms with van der Waals surface area (Å²) in [5.74, 6) is 9.78. The van der Waals surface area contributed by atoms with Crippen molar-refractivity contribution in [1.82, 2.24) is 0 Å². The van der Waals surface area contributed by atoms with Gasteiger partial charge in [0.2, 0.25) is 0 Å². The summed E-state index contributed by atoms with van der Waals surface area (Å²) in [5, 5.41) is 0. The molecule has 0 aliphatic heterocycles. The molecule has 1 radical (unpaired) electrons. The van der Waals surface area contributed by atoms with Crippen molar-refractivity contribution in [3.8, 4) is 0 Å². The molecule has 1 heteroatoms. The van der Waals surface area contributed by atoms with Crippen LogP contribution in [0.3, 0.4) is 0 Å². The summed E-state index contributed by atoms with van der Waals surface area (Å²) in [6, 6.07) is 0. The van der Waals surface area contributed by atoms with Gasteiger partial charge >= 0.3 is 93.2 Å². The van der Waals surface area contributed by atoms with Gasteiger partial charge in [-0.3, -0.25) is 0 Å². The first-order valence-electron chi connectivity index (χ1n) is 5.16. The second-order valence-corrected chi connectivity index (χ2v) is 20.4. The zero-order valence-electron chi connectivity index (χ0n) is 9.95. The van der Waals surface area contributed by atoms with E-state index in [-0.39, 0.29) is 0 Å². The van der Waals surface area contributed by atoms with Gasteiger partial charge in [-0.2, -0.15) is 0 Å². The Bertz CT molecular complexity index is 422. The average molecular weight is 266 g/mol. The van der Waals surface area contributed by atoms with Crippen LogP contribution in [-0.4, -0.2) is 11.8 Å². The van der Waals surface area contributed by atoms with Crippen LogP contribution in [0.5, 0.6) is 0 Å². The Labute approximate surface area is 93.3 Å². The second kappa shape index (κ2) is 3.10. The molecule has 0 spiro atoms. The van der Waals surface area contributed by atoms with Gasteiger partial charge in [0.05, 0.1) is 0 Å². The first-order valence-corrected chi connectivity index (χ1v) is 12.9. The molecule has 2 rings (SSSR count). The molecule has 0 fully saturated rings. The van der Waals surface area contributed by atoms with Crippen molar-refractivity contribution >= 4 is 11.8 Å². The van der Waals surface area contributed by atoms with Gasteiger partial charge in [0.25, 0.3) is 0 Å². The number of allylic oxidation sites excluding steroid dienone is 10. The third kappa shape index (κ3) is 2.09. The first-order chi connectivity index (χ1) is 6.85. The van der Waals surface area contributed by atoms with Gasteiger partial charge in [0.15, 0.2) is 0 Å². The molecule has 0 nitrogen and oxygen atoms in total. The van der Waals surface area contributed by atoms with Crippen LogP contribution in [0.2, 0.25) is 23.3 Å².